The number of carboxylic acids is 1. The van der Waals surface area contributed by atoms with Gasteiger partial charge in [0.15, 0.2) is 5.16 Å². The quantitative estimate of drug-likeness (QED) is 0.574. The minimum Gasteiger partial charge on any atom is -0.481 e. The normalized spacial score (nSPS) is 10.9. The van der Waals surface area contributed by atoms with Crippen molar-refractivity contribution in [3.8, 4) is 0 Å². The molecule has 0 amide bonds. The molecule has 1 aromatic carbocycles. The van der Waals surface area contributed by atoms with E-state index < -0.39 is 5.97 Å². The summed E-state index contributed by atoms with van der Waals surface area (Å²) in [5.74, 6) is -0.517. The van der Waals surface area contributed by atoms with Crippen molar-refractivity contribution in [1.29, 1.82) is 0 Å². The summed E-state index contributed by atoms with van der Waals surface area (Å²) >= 11 is 1.02. The van der Waals surface area contributed by atoms with Crippen molar-refractivity contribution < 1.29 is 14.3 Å². The van der Waals surface area contributed by atoms with Gasteiger partial charge in [-0.25, -0.2) is 4.98 Å². The molecule has 0 saturated heterocycles. The van der Waals surface area contributed by atoms with E-state index in [1.54, 1.807) is 36.4 Å². The highest BCUT2D eigenvalue weighted by Crippen LogP contribution is 2.18. The van der Waals surface area contributed by atoms with Gasteiger partial charge in [0.2, 0.25) is 0 Å². The molecule has 3 rings (SSSR count). The summed E-state index contributed by atoms with van der Waals surface area (Å²) in [6.07, 6.45) is 1.53. The van der Waals surface area contributed by atoms with E-state index in [2.05, 4.69) is 4.98 Å². The fourth-order valence-corrected chi connectivity index (χ4v) is 2.80. The van der Waals surface area contributed by atoms with Crippen LogP contribution < -0.4 is 5.56 Å². The Morgan fingerprint density at radius 1 is 1.27 bits per heavy atom. The molecule has 2 aromatic heterocycles. The van der Waals surface area contributed by atoms with Crippen LogP contribution in [0.25, 0.3) is 10.9 Å². The van der Waals surface area contributed by atoms with Crippen LogP contribution in [-0.4, -0.2) is 26.4 Å². The van der Waals surface area contributed by atoms with Gasteiger partial charge in [-0.2, -0.15) is 0 Å². The van der Waals surface area contributed by atoms with Crippen LogP contribution in [0.3, 0.4) is 0 Å². The Morgan fingerprint density at radius 2 is 2.09 bits per heavy atom. The smallest absolute Gasteiger partial charge is 0.313 e. The number of fused-ring (bicyclic) bond motifs is 1. The van der Waals surface area contributed by atoms with Crippen LogP contribution in [0.5, 0.6) is 0 Å². The molecule has 0 radical (unpaired) electrons. The van der Waals surface area contributed by atoms with Crippen LogP contribution >= 0.6 is 11.8 Å². The van der Waals surface area contributed by atoms with Crippen molar-refractivity contribution in [3.63, 3.8) is 0 Å². The summed E-state index contributed by atoms with van der Waals surface area (Å²) in [5.41, 5.74) is 0.339. The number of nitrogens with zero attached hydrogens (tertiary/aromatic N) is 2. The Bertz CT molecular complexity index is 871. The van der Waals surface area contributed by atoms with Gasteiger partial charge in [0.05, 0.1) is 29.5 Å². The zero-order chi connectivity index (χ0) is 15.5. The van der Waals surface area contributed by atoms with Gasteiger partial charge in [-0.05, 0) is 24.3 Å². The molecule has 0 aliphatic carbocycles. The maximum atomic E-state index is 12.6. The number of furan rings is 1. The minimum absolute atomic E-state index is 0.164. The second-order valence-electron chi connectivity index (χ2n) is 4.56. The number of hydrogen-bond acceptors (Lipinski definition) is 5. The van der Waals surface area contributed by atoms with Gasteiger partial charge in [-0.15, -0.1) is 0 Å². The average Bonchev–Trinajstić information content (AvgIpc) is 3.01. The van der Waals surface area contributed by atoms with Crippen LogP contribution in [0.1, 0.15) is 5.76 Å². The summed E-state index contributed by atoms with van der Waals surface area (Å²) in [7, 11) is 0. The third kappa shape index (κ3) is 2.89. The number of aromatic nitrogens is 2. The van der Waals surface area contributed by atoms with Crippen LogP contribution in [0, 0.1) is 0 Å². The molecule has 112 valence electrons. The molecule has 0 saturated carbocycles. The number of rotatable bonds is 5. The van der Waals surface area contributed by atoms with E-state index in [1.807, 2.05) is 0 Å². The zero-order valence-corrected chi connectivity index (χ0v) is 12.2. The summed E-state index contributed by atoms with van der Waals surface area (Å²) < 4.78 is 6.71. The lowest BCUT2D eigenvalue weighted by Gasteiger charge is -2.11. The first-order valence-electron chi connectivity index (χ1n) is 6.51. The van der Waals surface area contributed by atoms with Crippen molar-refractivity contribution in [2.75, 3.05) is 5.75 Å². The lowest BCUT2D eigenvalue weighted by molar-refractivity contribution is -0.133. The molecule has 0 aliphatic heterocycles. The Hall–Kier alpha value is -2.54. The van der Waals surface area contributed by atoms with E-state index in [1.165, 1.54) is 10.8 Å². The summed E-state index contributed by atoms with van der Waals surface area (Å²) in [6.45, 7) is 0.214. The van der Waals surface area contributed by atoms with Gasteiger partial charge >= 0.3 is 5.97 Å². The van der Waals surface area contributed by atoms with Gasteiger partial charge in [-0.3, -0.25) is 14.2 Å². The van der Waals surface area contributed by atoms with E-state index in [4.69, 9.17) is 9.52 Å². The number of benzene rings is 1. The fourth-order valence-electron chi connectivity index (χ4n) is 2.08. The monoisotopic (exact) mass is 316 g/mol. The average molecular weight is 316 g/mol. The molecule has 0 unspecified atom stereocenters. The van der Waals surface area contributed by atoms with Gasteiger partial charge in [0.1, 0.15) is 5.76 Å². The standard InChI is InChI=1S/C15H12N2O4S/c18-13(19)9-22-15-16-12-6-2-1-5-11(12)14(20)17(15)8-10-4-3-7-21-10/h1-7H,8-9H2,(H,18,19). The predicted octanol–water partition coefficient (Wildman–Crippen LogP) is 2.21. The molecule has 0 spiro atoms. The fraction of sp³-hybridized carbons (Fsp3) is 0.133. The molecule has 7 heteroatoms. The van der Waals surface area contributed by atoms with Crippen molar-refractivity contribution in [3.05, 3.63) is 58.8 Å². The summed E-state index contributed by atoms with van der Waals surface area (Å²) in [4.78, 5) is 27.8. The topological polar surface area (TPSA) is 85.3 Å². The molecule has 2 heterocycles. The van der Waals surface area contributed by atoms with Gasteiger partial charge < -0.3 is 9.52 Å². The predicted molar refractivity (Wildman–Crippen MR) is 82.2 cm³/mol. The molecule has 22 heavy (non-hydrogen) atoms. The first kappa shape index (κ1) is 14.4. The van der Waals surface area contributed by atoms with E-state index in [-0.39, 0.29) is 17.9 Å². The number of hydrogen-bond donors (Lipinski definition) is 1. The summed E-state index contributed by atoms with van der Waals surface area (Å²) in [5, 5.41) is 9.71. The van der Waals surface area contributed by atoms with Crippen LogP contribution in [-0.2, 0) is 11.3 Å². The molecule has 0 aliphatic rings. The lowest BCUT2D eigenvalue weighted by atomic mass is 10.2. The van der Waals surface area contributed by atoms with Gasteiger partial charge in [-0.1, -0.05) is 23.9 Å². The number of aliphatic carboxylic acids is 1. The highest BCUT2D eigenvalue weighted by molar-refractivity contribution is 7.99. The highest BCUT2D eigenvalue weighted by Gasteiger charge is 2.14. The van der Waals surface area contributed by atoms with E-state index >= 15 is 0 Å². The second kappa shape index (κ2) is 6.07. The summed E-state index contributed by atoms with van der Waals surface area (Å²) in [6, 6.07) is 10.5. The van der Waals surface area contributed by atoms with E-state index in [0.29, 0.717) is 21.8 Å². The van der Waals surface area contributed by atoms with Crippen molar-refractivity contribution in [2.24, 2.45) is 0 Å². The maximum absolute atomic E-state index is 12.6. The first-order valence-corrected chi connectivity index (χ1v) is 7.50. The Morgan fingerprint density at radius 3 is 2.82 bits per heavy atom. The molecular weight excluding hydrogens is 304 g/mol. The molecule has 6 nitrogen and oxygen atoms in total. The Kier molecular flexibility index (Phi) is 3.97. The van der Waals surface area contributed by atoms with Crippen molar-refractivity contribution in [1.82, 2.24) is 9.55 Å². The van der Waals surface area contributed by atoms with Gasteiger partial charge in [0.25, 0.3) is 5.56 Å². The SMILES string of the molecule is O=C(O)CSc1nc2ccccc2c(=O)n1Cc1ccco1. The molecule has 0 fully saturated rings. The minimum atomic E-state index is -0.961. The lowest BCUT2D eigenvalue weighted by Crippen LogP contribution is -2.24. The van der Waals surface area contributed by atoms with Crippen LogP contribution in [0.2, 0.25) is 0 Å². The molecule has 1 N–H and O–H groups in total. The Balaban J connectivity index is 2.12. The highest BCUT2D eigenvalue weighted by atomic mass is 32.2. The van der Waals surface area contributed by atoms with Crippen molar-refractivity contribution >= 4 is 28.6 Å². The number of carbonyl (C=O) groups is 1. The second-order valence-corrected chi connectivity index (χ2v) is 5.51. The van der Waals surface area contributed by atoms with Crippen molar-refractivity contribution in [2.45, 2.75) is 11.7 Å². The van der Waals surface area contributed by atoms with Gasteiger partial charge in [0, 0.05) is 0 Å². The van der Waals surface area contributed by atoms with E-state index in [9.17, 15) is 9.59 Å². The van der Waals surface area contributed by atoms with Crippen LogP contribution in [0.4, 0.5) is 0 Å². The van der Waals surface area contributed by atoms with Crippen LogP contribution in [0.15, 0.2) is 57.0 Å². The molecule has 0 atom stereocenters. The maximum Gasteiger partial charge on any atom is 0.313 e. The molecule has 0 bridgehead atoms. The Labute approximate surface area is 129 Å². The first-order chi connectivity index (χ1) is 10.6. The van der Waals surface area contributed by atoms with E-state index in [0.717, 1.165) is 11.8 Å². The molecular formula is C15H12N2O4S. The number of thioether (sulfide) groups is 1. The zero-order valence-electron chi connectivity index (χ0n) is 11.4. The number of carboxylic acid groups (broad SMARTS) is 1. The number of para-hydroxylation sites is 1. The largest absolute Gasteiger partial charge is 0.481 e. The third-order valence-electron chi connectivity index (χ3n) is 3.05. The third-order valence-corrected chi connectivity index (χ3v) is 4.01. The molecule has 3 aromatic rings.